The summed E-state index contributed by atoms with van der Waals surface area (Å²) in [5.74, 6) is -0.973. The average molecular weight is 198 g/mol. The number of carboxylic acids is 1. The molecule has 0 unspecified atom stereocenters. The number of aliphatic carboxylic acids is 1. The second kappa shape index (κ2) is 4.13. The summed E-state index contributed by atoms with van der Waals surface area (Å²) >= 11 is 0. The molecule has 78 valence electrons. The molecular formula is C9H14N2O3. The number of carboxylic acid groups (broad SMARTS) is 1. The Morgan fingerprint density at radius 1 is 1.57 bits per heavy atom. The third-order valence-electron chi connectivity index (χ3n) is 2.06. The molecule has 0 saturated heterocycles. The Hall–Kier alpha value is -1.52. The van der Waals surface area contributed by atoms with Gasteiger partial charge in [0.1, 0.15) is 0 Å². The van der Waals surface area contributed by atoms with E-state index in [1.165, 1.54) is 4.68 Å². The molecule has 5 heteroatoms. The third kappa shape index (κ3) is 2.04. The fraction of sp³-hybridized carbons (Fsp3) is 0.556. The highest BCUT2D eigenvalue weighted by atomic mass is 16.4. The van der Waals surface area contributed by atoms with Crippen molar-refractivity contribution in [2.24, 2.45) is 7.05 Å². The van der Waals surface area contributed by atoms with Crippen LogP contribution in [0.5, 0.6) is 0 Å². The second-order valence-corrected chi connectivity index (χ2v) is 3.25. The molecule has 2 N–H and O–H groups in total. The largest absolute Gasteiger partial charge is 0.481 e. The van der Waals surface area contributed by atoms with Crippen molar-refractivity contribution < 1.29 is 9.90 Å². The zero-order chi connectivity index (χ0) is 10.7. The van der Waals surface area contributed by atoms with Gasteiger partial charge in [-0.25, -0.2) is 0 Å². The maximum atomic E-state index is 11.5. The molecule has 1 aromatic rings. The monoisotopic (exact) mass is 198 g/mol. The number of hydrogen-bond acceptors (Lipinski definition) is 2. The molecule has 0 amide bonds. The average Bonchev–Trinajstić information content (AvgIpc) is 2.33. The van der Waals surface area contributed by atoms with Crippen LogP contribution in [0.2, 0.25) is 0 Å². The van der Waals surface area contributed by atoms with E-state index in [-0.39, 0.29) is 12.0 Å². The van der Waals surface area contributed by atoms with Crippen LogP contribution in [-0.4, -0.2) is 20.9 Å². The molecule has 0 bridgehead atoms. The van der Waals surface area contributed by atoms with Crippen LogP contribution in [0.3, 0.4) is 0 Å². The van der Waals surface area contributed by atoms with Crippen molar-refractivity contribution >= 4 is 5.97 Å². The molecule has 1 rings (SSSR count). The van der Waals surface area contributed by atoms with Crippen LogP contribution in [-0.2, 0) is 24.7 Å². The number of H-pyrrole nitrogens is 1. The number of aromatic amines is 1. The first-order valence-corrected chi connectivity index (χ1v) is 4.54. The van der Waals surface area contributed by atoms with Gasteiger partial charge in [0.05, 0.1) is 12.0 Å². The number of aryl methyl sites for hydroxylation is 2. The maximum Gasteiger partial charge on any atom is 0.308 e. The van der Waals surface area contributed by atoms with E-state index in [4.69, 9.17) is 5.11 Å². The van der Waals surface area contributed by atoms with Gasteiger partial charge >= 0.3 is 5.97 Å². The van der Waals surface area contributed by atoms with Crippen molar-refractivity contribution in [2.75, 3.05) is 0 Å². The normalized spacial score (nSPS) is 10.4. The van der Waals surface area contributed by atoms with Gasteiger partial charge in [0.25, 0.3) is 5.56 Å². The Bertz CT molecular complexity index is 389. The van der Waals surface area contributed by atoms with Gasteiger partial charge in [-0.15, -0.1) is 0 Å². The second-order valence-electron chi connectivity index (χ2n) is 3.25. The molecule has 0 saturated carbocycles. The van der Waals surface area contributed by atoms with Crippen molar-refractivity contribution in [1.29, 1.82) is 0 Å². The molecule has 0 radical (unpaired) electrons. The highest BCUT2D eigenvalue weighted by molar-refractivity contribution is 5.70. The number of aromatic nitrogens is 2. The molecule has 1 heterocycles. The van der Waals surface area contributed by atoms with Crippen molar-refractivity contribution in [2.45, 2.75) is 26.2 Å². The van der Waals surface area contributed by atoms with Crippen LogP contribution in [0.1, 0.15) is 24.6 Å². The van der Waals surface area contributed by atoms with Gasteiger partial charge in [-0.2, -0.15) is 0 Å². The molecule has 0 atom stereocenters. The fourth-order valence-electron chi connectivity index (χ4n) is 1.44. The molecule has 0 aliphatic carbocycles. The van der Waals surface area contributed by atoms with Crippen LogP contribution in [0.25, 0.3) is 0 Å². The van der Waals surface area contributed by atoms with Gasteiger partial charge in [-0.1, -0.05) is 13.3 Å². The summed E-state index contributed by atoms with van der Waals surface area (Å²) in [6.07, 6.45) is 1.39. The molecule has 5 nitrogen and oxygen atoms in total. The lowest BCUT2D eigenvalue weighted by Gasteiger charge is -1.96. The molecule has 0 spiro atoms. The van der Waals surface area contributed by atoms with E-state index in [9.17, 15) is 9.59 Å². The lowest BCUT2D eigenvalue weighted by molar-refractivity contribution is -0.136. The first-order valence-electron chi connectivity index (χ1n) is 4.54. The highest BCUT2D eigenvalue weighted by Crippen LogP contribution is 2.04. The zero-order valence-electron chi connectivity index (χ0n) is 8.33. The maximum absolute atomic E-state index is 11.5. The quantitative estimate of drug-likeness (QED) is 0.730. The van der Waals surface area contributed by atoms with Gasteiger partial charge in [0, 0.05) is 12.7 Å². The van der Waals surface area contributed by atoms with Gasteiger partial charge in [-0.3, -0.25) is 19.4 Å². The molecule has 0 fully saturated rings. The standard InChI is InChI=1S/C9H14N2O3/c1-3-4-7-6(5-8(12)13)9(14)11(2)10-7/h10H,3-5H2,1-2H3,(H,12,13). The number of carbonyl (C=O) groups is 1. The third-order valence-corrected chi connectivity index (χ3v) is 2.06. The summed E-state index contributed by atoms with van der Waals surface area (Å²) < 4.78 is 1.32. The first kappa shape index (κ1) is 10.6. The Balaban J connectivity index is 3.09. The minimum atomic E-state index is -0.973. The van der Waals surface area contributed by atoms with Gasteiger partial charge in [0.2, 0.25) is 0 Å². The molecular weight excluding hydrogens is 184 g/mol. The van der Waals surface area contributed by atoms with E-state index in [2.05, 4.69) is 5.10 Å². The van der Waals surface area contributed by atoms with E-state index in [1.807, 2.05) is 6.92 Å². The summed E-state index contributed by atoms with van der Waals surface area (Å²) in [6, 6.07) is 0. The summed E-state index contributed by atoms with van der Waals surface area (Å²) in [5, 5.41) is 11.5. The molecule has 0 aliphatic heterocycles. The van der Waals surface area contributed by atoms with E-state index in [1.54, 1.807) is 7.05 Å². The predicted octanol–water partition coefficient (Wildman–Crippen LogP) is 0.293. The SMILES string of the molecule is CCCc1[nH]n(C)c(=O)c1CC(=O)O. The minimum Gasteiger partial charge on any atom is -0.481 e. The van der Waals surface area contributed by atoms with E-state index in [0.717, 1.165) is 12.1 Å². The van der Waals surface area contributed by atoms with E-state index in [0.29, 0.717) is 12.0 Å². The smallest absolute Gasteiger partial charge is 0.308 e. The van der Waals surface area contributed by atoms with Gasteiger partial charge < -0.3 is 5.11 Å². The predicted molar refractivity (Wildman–Crippen MR) is 51.4 cm³/mol. The van der Waals surface area contributed by atoms with Gasteiger partial charge in [0.15, 0.2) is 0 Å². The molecule has 0 aromatic carbocycles. The lowest BCUT2D eigenvalue weighted by atomic mass is 10.1. The van der Waals surface area contributed by atoms with Crippen molar-refractivity contribution in [1.82, 2.24) is 9.78 Å². The van der Waals surface area contributed by atoms with Gasteiger partial charge in [-0.05, 0) is 6.42 Å². The van der Waals surface area contributed by atoms with E-state index < -0.39 is 5.97 Å². The first-order chi connectivity index (χ1) is 6.56. The van der Waals surface area contributed by atoms with Crippen molar-refractivity contribution in [3.05, 3.63) is 21.6 Å². The summed E-state index contributed by atoms with van der Waals surface area (Å²) in [5.41, 5.74) is 0.875. The Labute approximate surface area is 81.3 Å². The fourth-order valence-corrected chi connectivity index (χ4v) is 1.44. The molecule has 1 aromatic heterocycles. The number of nitrogens with zero attached hydrogens (tertiary/aromatic N) is 1. The Morgan fingerprint density at radius 2 is 2.21 bits per heavy atom. The van der Waals surface area contributed by atoms with Crippen LogP contribution in [0.15, 0.2) is 4.79 Å². The number of rotatable bonds is 4. The van der Waals surface area contributed by atoms with Crippen LogP contribution >= 0.6 is 0 Å². The lowest BCUT2D eigenvalue weighted by Crippen LogP contribution is -2.17. The summed E-state index contributed by atoms with van der Waals surface area (Å²) in [7, 11) is 1.59. The minimum absolute atomic E-state index is 0.203. The highest BCUT2D eigenvalue weighted by Gasteiger charge is 2.14. The summed E-state index contributed by atoms with van der Waals surface area (Å²) in [4.78, 5) is 22.0. The van der Waals surface area contributed by atoms with Crippen molar-refractivity contribution in [3.63, 3.8) is 0 Å². The molecule has 14 heavy (non-hydrogen) atoms. The topological polar surface area (TPSA) is 75.1 Å². The van der Waals surface area contributed by atoms with E-state index >= 15 is 0 Å². The summed E-state index contributed by atoms with van der Waals surface area (Å²) in [6.45, 7) is 1.98. The molecule has 0 aliphatic rings. The zero-order valence-corrected chi connectivity index (χ0v) is 8.33. The number of hydrogen-bond donors (Lipinski definition) is 2. The van der Waals surface area contributed by atoms with Crippen LogP contribution in [0.4, 0.5) is 0 Å². The number of nitrogens with one attached hydrogen (secondary N) is 1. The Kier molecular flexibility index (Phi) is 3.11. The van der Waals surface area contributed by atoms with Crippen LogP contribution < -0.4 is 5.56 Å². The Morgan fingerprint density at radius 3 is 2.71 bits per heavy atom. The van der Waals surface area contributed by atoms with Crippen molar-refractivity contribution in [3.8, 4) is 0 Å². The van der Waals surface area contributed by atoms with Crippen LogP contribution in [0, 0.1) is 0 Å².